The van der Waals surface area contributed by atoms with Crippen LogP contribution >= 0.6 is 0 Å². The van der Waals surface area contributed by atoms with Crippen LogP contribution in [-0.2, 0) is 0 Å². The third kappa shape index (κ3) is 2.23. The van der Waals surface area contributed by atoms with E-state index in [1.165, 1.54) is 11.0 Å². The lowest BCUT2D eigenvalue weighted by Gasteiger charge is -1.93. The molecule has 0 bridgehead atoms. The first kappa shape index (κ1) is 9.88. The highest BCUT2D eigenvalue weighted by Crippen LogP contribution is 2.06. The summed E-state index contributed by atoms with van der Waals surface area (Å²) in [6.45, 7) is 0. The van der Waals surface area contributed by atoms with Gasteiger partial charge in [0.15, 0.2) is 0 Å². The average Bonchev–Trinajstić information content (AvgIpc) is 2.76. The van der Waals surface area contributed by atoms with Gasteiger partial charge in [0.1, 0.15) is 6.33 Å². The third-order valence-electron chi connectivity index (χ3n) is 1.78. The van der Waals surface area contributed by atoms with Gasteiger partial charge in [0.25, 0.3) is 0 Å². The van der Waals surface area contributed by atoms with Gasteiger partial charge in [0.05, 0.1) is 6.21 Å². The van der Waals surface area contributed by atoms with Gasteiger partial charge in [-0.25, -0.2) is 0 Å². The van der Waals surface area contributed by atoms with Crippen molar-refractivity contribution < 1.29 is 0 Å². The van der Waals surface area contributed by atoms with E-state index in [-0.39, 0.29) is 5.95 Å². The molecule has 16 heavy (non-hydrogen) atoms. The van der Waals surface area contributed by atoms with Crippen molar-refractivity contribution in [2.75, 3.05) is 0 Å². The first-order chi connectivity index (χ1) is 7.90. The molecule has 78 valence electrons. The molecule has 1 aromatic heterocycles. The topological polar surface area (TPSA) is 91.8 Å². The van der Waals surface area contributed by atoms with E-state index >= 15 is 0 Å². The van der Waals surface area contributed by atoms with E-state index in [2.05, 4.69) is 25.3 Å². The SMILES string of the molecule is [N-]=[N+]=Nc1nncn1/N=C/c1ccccc1. The molecular weight excluding hydrogens is 206 g/mol. The molecule has 0 fully saturated rings. The average molecular weight is 213 g/mol. The van der Waals surface area contributed by atoms with Crippen LogP contribution in [0.2, 0.25) is 0 Å². The summed E-state index contributed by atoms with van der Waals surface area (Å²) in [6, 6.07) is 9.54. The second-order valence-electron chi connectivity index (χ2n) is 2.82. The Balaban J connectivity index is 2.24. The zero-order chi connectivity index (χ0) is 11.2. The fourth-order valence-electron chi connectivity index (χ4n) is 1.08. The molecule has 0 saturated heterocycles. The molecule has 0 spiro atoms. The molecule has 0 saturated carbocycles. The fourth-order valence-corrected chi connectivity index (χ4v) is 1.08. The Morgan fingerprint density at radius 3 is 2.88 bits per heavy atom. The van der Waals surface area contributed by atoms with Crippen LogP contribution in [0.1, 0.15) is 5.56 Å². The van der Waals surface area contributed by atoms with Crippen molar-refractivity contribution in [2.45, 2.75) is 0 Å². The number of hydrogen-bond acceptors (Lipinski definition) is 4. The van der Waals surface area contributed by atoms with Crippen LogP contribution in [0.5, 0.6) is 0 Å². The van der Waals surface area contributed by atoms with Crippen LogP contribution in [-0.4, -0.2) is 21.1 Å². The Morgan fingerprint density at radius 2 is 2.12 bits per heavy atom. The minimum Gasteiger partial charge on any atom is -0.198 e. The molecule has 1 heterocycles. The molecule has 0 aliphatic carbocycles. The molecule has 7 heteroatoms. The van der Waals surface area contributed by atoms with Crippen molar-refractivity contribution in [3.63, 3.8) is 0 Å². The molecule has 0 amide bonds. The smallest absolute Gasteiger partial charge is 0.198 e. The van der Waals surface area contributed by atoms with Crippen molar-refractivity contribution in [2.24, 2.45) is 10.2 Å². The Bertz CT molecular complexity index is 536. The monoisotopic (exact) mass is 213 g/mol. The van der Waals surface area contributed by atoms with Crippen LogP contribution in [0.25, 0.3) is 10.4 Å². The molecule has 7 nitrogen and oxygen atoms in total. The Morgan fingerprint density at radius 1 is 1.31 bits per heavy atom. The van der Waals surface area contributed by atoms with Crippen molar-refractivity contribution in [3.8, 4) is 0 Å². The molecule has 1 aromatic carbocycles. The maximum atomic E-state index is 8.27. The molecule has 0 N–H and O–H groups in total. The van der Waals surface area contributed by atoms with Crippen LogP contribution in [0.3, 0.4) is 0 Å². The minimum atomic E-state index is 0.106. The first-order valence-corrected chi connectivity index (χ1v) is 4.44. The molecule has 0 radical (unpaired) electrons. The highest BCUT2D eigenvalue weighted by atomic mass is 15.5. The van der Waals surface area contributed by atoms with Crippen LogP contribution in [0.15, 0.2) is 46.9 Å². The van der Waals surface area contributed by atoms with E-state index in [1.54, 1.807) is 6.21 Å². The highest BCUT2D eigenvalue weighted by molar-refractivity contribution is 5.79. The maximum Gasteiger partial charge on any atom is 0.241 e. The van der Waals surface area contributed by atoms with Crippen molar-refractivity contribution in [1.29, 1.82) is 0 Å². The summed E-state index contributed by atoms with van der Waals surface area (Å²) in [5.41, 5.74) is 9.21. The summed E-state index contributed by atoms with van der Waals surface area (Å²) < 4.78 is 1.30. The second-order valence-corrected chi connectivity index (χ2v) is 2.82. The predicted molar refractivity (Wildman–Crippen MR) is 58.3 cm³/mol. The molecular formula is C9H7N7. The van der Waals surface area contributed by atoms with Gasteiger partial charge >= 0.3 is 0 Å². The largest absolute Gasteiger partial charge is 0.241 e. The Kier molecular flexibility index (Phi) is 2.91. The van der Waals surface area contributed by atoms with Gasteiger partial charge in [0, 0.05) is 4.91 Å². The van der Waals surface area contributed by atoms with Crippen LogP contribution < -0.4 is 0 Å². The molecule has 2 aromatic rings. The van der Waals surface area contributed by atoms with Crippen molar-refractivity contribution in [1.82, 2.24) is 14.9 Å². The zero-order valence-corrected chi connectivity index (χ0v) is 8.17. The number of nitrogens with zero attached hydrogens (tertiary/aromatic N) is 7. The summed E-state index contributed by atoms with van der Waals surface area (Å²) in [4.78, 5) is 2.62. The molecule has 0 unspecified atom stereocenters. The second kappa shape index (κ2) is 4.72. The van der Waals surface area contributed by atoms with Gasteiger partial charge in [-0.2, -0.15) is 9.78 Å². The van der Waals surface area contributed by atoms with Crippen molar-refractivity contribution in [3.05, 3.63) is 52.7 Å². The van der Waals surface area contributed by atoms with Crippen LogP contribution in [0.4, 0.5) is 5.95 Å². The minimum absolute atomic E-state index is 0.106. The van der Waals surface area contributed by atoms with Crippen LogP contribution in [0, 0.1) is 0 Å². The van der Waals surface area contributed by atoms with E-state index < -0.39 is 0 Å². The van der Waals surface area contributed by atoms with E-state index in [9.17, 15) is 0 Å². The maximum absolute atomic E-state index is 8.27. The lowest BCUT2D eigenvalue weighted by Crippen LogP contribution is -1.88. The lowest BCUT2D eigenvalue weighted by molar-refractivity contribution is 0.876. The first-order valence-electron chi connectivity index (χ1n) is 4.44. The number of benzene rings is 1. The van der Waals surface area contributed by atoms with E-state index in [1.807, 2.05) is 30.3 Å². The Labute approximate surface area is 90.7 Å². The molecule has 0 atom stereocenters. The molecule has 0 aliphatic rings. The standard InChI is InChI=1S/C9H7N7/c10-15-14-9-13-11-7-16(9)12-6-8-4-2-1-3-5-8/h1-7H/b12-6+. The lowest BCUT2D eigenvalue weighted by atomic mass is 10.2. The van der Waals surface area contributed by atoms with Gasteiger partial charge in [-0.1, -0.05) is 30.3 Å². The molecule has 2 rings (SSSR count). The summed E-state index contributed by atoms with van der Waals surface area (Å²) in [5, 5.41) is 14.6. The van der Waals surface area contributed by atoms with E-state index in [0.29, 0.717) is 0 Å². The quantitative estimate of drug-likeness (QED) is 0.338. The van der Waals surface area contributed by atoms with Crippen molar-refractivity contribution >= 4 is 12.2 Å². The fraction of sp³-hybridized carbons (Fsp3) is 0. The van der Waals surface area contributed by atoms with Gasteiger partial charge in [-0.3, -0.25) is 0 Å². The number of azide groups is 1. The third-order valence-corrected chi connectivity index (χ3v) is 1.78. The van der Waals surface area contributed by atoms with Gasteiger partial charge < -0.3 is 0 Å². The van der Waals surface area contributed by atoms with Gasteiger partial charge in [-0.05, 0) is 16.2 Å². The number of aromatic nitrogens is 3. The summed E-state index contributed by atoms with van der Waals surface area (Å²) in [7, 11) is 0. The zero-order valence-electron chi connectivity index (χ0n) is 8.17. The molecule has 0 aliphatic heterocycles. The summed E-state index contributed by atoms with van der Waals surface area (Å²) >= 11 is 0. The Hall–Kier alpha value is -2.66. The normalized spacial score (nSPS) is 10.2. The predicted octanol–water partition coefficient (Wildman–Crippen LogP) is 2.10. The van der Waals surface area contributed by atoms with Gasteiger partial charge in [0.2, 0.25) is 5.95 Å². The highest BCUT2D eigenvalue weighted by Gasteiger charge is 1.97. The number of rotatable bonds is 3. The number of hydrogen-bond donors (Lipinski definition) is 0. The van der Waals surface area contributed by atoms with Gasteiger partial charge in [-0.15, -0.1) is 10.2 Å². The van der Waals surface area contributed by atoms with E-state index in [4.69, 9.17) is 5.53 Å². The van der Waals surface area contributed by atoms with E-state index in [0.717, 1.165) is 5.56 Å². The summed E-state index contributed by atoms with van der Waals surface area (Å²) in [6.07, 6.45) is 2.99. The summed E-state index contributed by atoms with van der Waals surface area (Å²) in [5.74, 6) is 0.106.